The quantitative estimate of drug-likeness (QED) is 0.446. The highest BCUT2D eigenvalue weighted by Gasteiger charge is 2.34. The Bertz CT molecular complexity index is 602. The van der Waals surface area contributed by atoms with Crippen LogP contribution in [0.1, 0.15) is 50.4 Å². The Hall–Kier alpha value is -1.62. The van der Waals surface area contributed by atoms with E-state index in [4.69, 9.17) is 16.3 Å². The van der Waals surface area contributed by atoms with Crippen molar-refractivity contribution in [2.45, 2.75) is 46.1 Å². The molecule has 6 heteroatoms. The molecular weight excluding hydrogens is 318 g/mol. The molecule has 2 rings (SSSR count). The number of nitrogens with zero attached hydrogens (tertiary/aromatic N) is 1. The van der Waals surface area contributed by atoms with E-state index in [-0.39, 0.29) is 22.4 Å². The lowest BCUT2D eigenvalue weighted by atomic mass is 9.75. The highest BCUT2D eigenvalue weighted by atomic mass is 35.5. The number of halogens is 1. The summed E-state index contributed by atoms with van der Waals surface area (Å²) in [6.07, 6.45) is 2.82. The molecule has 0 saturated heterocycles. The number of hydrogen-bond acceptors (Lipinski definition) is 4. The highest BCUT2D eigenvalue weighted by Crippen LogP contribution is 2.36. The van der Waals surface area contributed by atoms with Gasteiger partial charge in [0, 0.05) is 12.1 Å². The summed E-state index contributed by atoms with van der Waals surface area (Å²) in [6.45, 7) is 6.40. The molecule has 0 radical (unpaired) electrons. The molecule has 3 atom stereocenters. The summed E-state index contributed by atoms with van der Waals surface area (Å²) in [5.74, 6) is 0.653. The van der Waals surface area contributed by atoms with Gasteiger partial charge < -0.3 is 4.74 Å². The third-order valence-electron chi connectivity index (χ3n) is 4.60. The molecule has 0 aliphatic heterocycles. The molecule has 1 saturated carbocycles. The van der Waals surface area contributed by atoms with Gasteiger partial charge in [0.15, 0.2) is 0 Å². The lowest BCUT2D eigenvalue weighted by molar-refractivity contribution is -0.384. The molecule has 0 N–H and O–H groups in total. The van der Waals surface area contributed by atoms with E-state index in [9.17, 15) is 14.9 Å². The van der Waals surface area contributed by atoms with Crippen molar-refractivity contribution in [1.29, 1.82) is 0 Å². The standard InChI is InChI=1S/C17H22ClNO4/c1-10(2)13-6-4-11(3)8-16(13)23-17(20)14-9-12(19(21)22)5-7-15(14)18/h5,7,9-11,13,16H,4,6,8H2,1-3H3/t11-,13-,16-/m1/s1. The van der Waals surface area contributed by atoms with Crippen molar-refractivity contribution >= 4 is 23.3 Å². The van der Waals surface area contributed by atoms with Gasteiger partial charge in [-0.3, -0.25) is 10.1 Å². The maximum Gasteiger partial charge on any atom is 0.340 e. The Kier molecular flexibility index (Phi) is 5.63. The van der Waals surface area contributed by atoms with Crippen LogP contribution in [0.15, 0.2) is 18.2 Å². The second kappa shape index (κ2) is 7.30. The van der Waals surface area contributed by atoms with Gasteiger partial charge >= 0.3 is 5.97 Å². The van der Waals surface area contributed by atoms with E-state index in [0.717, 1.165) is 19.3 Å². The summed E-state index contributed by atoms with van der Waals surface area (Å²) in [5.41, 5.74) is -0.111. The Morgan fingerprint density at radius 1 is 1.39 bits per heavy atom. The lowest BCUT2D eigenvalue weighted by Crippen LogP contribution is -2.35. The zero-order valence-corrected chi connectivity index (χ0v) is 14.4. The second-order valence-corrected chi connectivity index (χ2v) is 7.10. The van der Waals surface area contributed by atoms with Crippen molar-refractivity contribution in [2.24, 2.45) is 17.8 Å². The summed E-state index contributed by atoms with van der Waals surface area (Å²) < 4.78 is 5.69. The van der Waals surface area contributed by atoms with E-state index in [1.807, 2.05) is 0 Å². The average Bonchev–Trinajstić information content (AvgIpc) is 2.46. The number of non-ortho nitro benzene ring substituents is 1. The Morgan fingerprint density at radius 3 is 2.70 bits per heavy atom. The summed E-state index contributed by atoms with van der Waals surface area (Å²) in [6, 6.07) is 3.82. The average molecular weight is 340 g/mol. The van der Waals surface area contributed by atoms with Crippen LogP contribution in [0.3, 0.4) is 0 Å². The Labute approximate surface area is 141 Å². The third-order valence-corrected chi connectivity index (χ3v) is 4.93. The van der Waals surface area contributed by atoms with Crippen molar-refractivity contribution in [3.63, 3.8) is 0 Å². The van der Waals surface area contributed by atoms with E-state index in [1.165, 1.54) is 18.2 Å². The smallest absolute Gasteiger partial charge is 0.340 e. The fourth-order valence-corrected chi connectivity index (χ4v) is 3.43. The van der Waals surface area contributed by atoms with Crippen molar-refractivity contribution in [2.75, 3.05) is 0 Å². The Morgan fingerprint density at radius 2 is 2.09 bits per heavy atom. The first-order valence-electron chi connectivity index (χ1n) is 7.94. The topological polar surface area (TPSA) is 69.4 Å². The van der Waals surface area contributed by atoms with Gasteiger partial charge in [-0.05, 0) is 36.7 Å². The number of ether oxygens (including phenoxy) is 1. The van der Waals surface area contributed by atoms with Gasteiger partial charge in [0.05, 0.1) is 15.5 Å². The summed E-state index contributed by atoms with van der Waals surface area (Å²) in [5, 5.41) is 11.0. The molecule has 23 heavy (non-hydrogen) atoms. The minimum absolute atomic E-state index is 0.0570. The van der Waals surface area contributed by atoms with Crippen LogP contribution in [0.4, 0.5) is 5.69 Å². The summed E-state index contributed by atoms with van der Waals surface area (Å²) in [4.78, 5) is 22.8. The maximum absolute atomic E-state index is 12.5. The summed E-state index contributed by atoms with van der Waals surface area (Å²) >= 11 is 6.02. The fourth-order valence-electron chi connectivity index (χ4n) is 3.23. The monoisotopic (exact) mass is 339 g/mol. The molecule has 1 aromatic rings. The van der Waals surface area contributed by atoms with Crippen LogP contribution in [-0.2, 0) is 4.74 Å². The number of hydrogen-bond donors (Lipinski definition) is 0. The molecule has 0 heterocycles. The molecule has 0 aromatic heterocycles. The van der Waals surface area contributed by atoms with Crippen LogP contribution in [0, 0.1) is 27.9 Å². The van der Waals surface area contributed by atoms with Crippen molar-refractivity contribution < 1.29 is 14.5 Å². The molecule has 0 unspecified atom stereocenters. The fraction of sp³-hybridized carbons (Fsp3) is 0.588. The molecule has 0 bridgehead atoms. The number of carbonyl (C=O) groups is 1. The molecule has 0 amide bonds. The van der Waals surface area contributed by atoms with Crippen LogP contribution in [0.5, 0.6) is 0 Å². The maximum atomic E-state index is 12.5. The molecule has 1 fully saturated rings. The zero-order valence-electron chi connectivity index (χ0n) is 13.6. The normalized spacial score (nSPS) is 24.5. The van der Waals surface area contributed by atoms with Gasteiger partial charge in [0.1, 0.15) is 6.10 Å². The third kappa shape index (κ3) is 4.22. The zero-order chi connectivity index (χ0) is 17.1. The Balaban J connectivity index is 2.20. The van der Waals surface area contributed by atoms with Gasteiger partial charge in [-0.1, -0.05) is 38.8 Å². The molecule has 1 aliphatic carbocycles. The number of nitro benzene ring substituents is 1. The van der Waals surface area contributed by atoms with Crippen molar-refractivity contribution in [3.8, 4) is 0 Å². The van der Waals surface area contributed by atoms with Crippen LogP contribution < -0.4 is 0 Å². The van der Waals surface area contributed by atoms with Crippen LogP contribution in [0.2, 0.25) is 5.02 Å². The predicted octanol–water partition coefficient (Wildman–Crippen LogP) is 4.87. The number of benzene rings is 1. The van der Waals surface area contributed by atoms with E-state index in [1.54, 1.807) is 0 Å². The van der Waals surface area contributed by atoms with Crippen molar-refractivity contribution in [1.82, 2.24) is 0 Å². The predicted molar refractivity (Wildman–Crippen MR) is 88.7 cm³/mol. The summed E-state index contributed by atoms with van der Waals surface area (Å²) in [7, 11) is 0. The van der Waals surface area contributed by atoms with E-state index >= 15 is 0 Å². The number of carbonyl (C=O) groups excluding carboxylic acids is 1. The number of rotatable bonds is 4. The van der Waals surface area contributed by atoms with Gasteiger partial charge in [-0.2, -0.15) is 0 Å². The first-order valence-corrected chi connectivity index (χ1v) is 8.32. The van der Waals surface area contributed by atoms with Crippen molar-refractivity contribution in [3.05, 3.63) is 38.9 Å². The van der Waals surface area contributed by atoms with Crippen LogP contribution in [-0.4, -0.2) is 17.0 Å². The van der Waals surface area contributed by atoms with Crippen LogP contribution >= 0.6 is 11.6 Å². The van der Waals surface area contributed by atoms with Gasteiger partial charge in [0.2, 0.25) is 0 Å². The number of nitro groups is 1. The minimum atomic E-state index is -0.580. The number of esters is 1. The minimum Gasteiger partial charge on any atom is -0.458 e. The van der Waals surface area contributed by atoms with E-state index in [0.29, 0.717) is 17.8 Å². The molecule has 126 valence electrons. The highest BCUT2D eigenvalue weighted by molar-refractivity contribution is 6.33. The molecule has 5 nitrogen and oxygen atoms in total. The van der Waals surface area contributed by atoms with Gasteiger partial charge in [0.25, 0.3) is 5.69 Å². The largest absolute Gasteiger partial charge is 0.458 e. The van der Waals surface area contributed by atoms with Crippen LogP contribution in [0.25, 0.3) is 0 Å². The van der Waals surface area contributed by atoms with E-state index < -0.39 is 10.9 Å². The molecule has 1 aliphatic rings. The lowest BCUT2D eigenvalue weighted by Gasteiger charge is -2.36. The van der Waals surface area contributed by atoms with E-state index in [2.05, 4.69) is 20.8 Å². The first-order chi connectivity index (χ1) is 10.8. The van der Waals surface area contributed by atoms with Gasteiger partial charge in [-0.15, -0.1) is 0 Å². The SMILES string of the molecule is CC(C)[C@H]1CC[C@@H](C)C[C@H]1OC(=O)c1cc([N+](=O)[O-])ccc1Cl. The van der Waals surface area contributed by atoms with Gasteiger partial charge in [-0.25, -0.2) is 4.79 Å². The molecular formula is C17H22ClNO4. The molecule has 1 aromatic carbocycles. The first kappa shape index (κ1) is 17.7. The second-order valence-electron chi connectivity index (χ2n) is 6.69. The molecule has 0 spiro atoms.